The first kappa shape index (κ1) is 19.8. The molecular formula is C22H26FN5O. The van der Waals surface area contributed by atoms with Crippen molar-refractivity contribution in [1.29, 1.82) is 5.26 Å². The summed E-state index contributed by atoms with van der Waals surface area (Å²) in [5.41, 5.74) is 1.12. The van der Waals surface area contributed by atoms with Gasteiger partial charge in [0.05, 0.1) is 5.56 Å². The third-order valence-corrected chi connectivity index (χ3v) is 6.63. The van der Waals surface area contributed by atoms with Crippen molar-refractivity contribution in [2.45, 2.75) is 43.1 Å². The molecule has 2 aliphatic rings. The predicted molar refractivity (Wildman–Crippen MR) is 108 cm³/mol. The summed E-state index contributed by atoms with van der Waals surface area (Å²) < 4.78 is 14.5. The molecule has 2 heterocycles. The number of hydrogen-bond acceptors (Lipinski definition) is 6. The van der Waals surface area contributed by atoms with Crippen LogP contribution in [0, 0.1) is 17.1 Å². The molecule has 1 aliphatic heterocycles. The topological polar surface area (TPSA) is 75.4 Å². The number of halogens is 1. The van der Waals surface area contributed by atoms with Crippen LogP contribution < -0.4 is 10.2 Å². The van der Waals surface area contributed by atoms with Gasteiger partial charge in [-0.2, -0.15) is 5.26 Å². The summed E-state index contributed by atoms with van der Waals surface area (Å²) in [6.45, 7) is 0.474. The molecule has 1 aliphatic carbocycles. The number of pyridine rings is 1. The van der Waals surface area contributed by atoms with Gasteiger partial charge >= 0.3 is 0 Å². The molecule has 1 aromatic carbocycles. The van der Waals surface area contributed by atoms with Gasteiger partial charge < -0.3 is 10.0 Å². The van der Waals surface area contributed by atoms with Crippen LogP contribution in [0.5, 0.6) is 0 Å². The first-order valence-corrected chi connectivity index (χ1v) is 9.90. The molecule has 0 amide bonds. The van der Waals surface area contributed by atoms with Crippen LogP contribution in [-0.2, 0) is 5.54 Å². The highest BCUT2D eigenvalue weighted by Crippen LogP contribution is 2.46. The molecule has 1 saturated carbocycles. The number of nitrogens with one attached hydrogen (secondary N) is 1. The van der Waals surface area contributed by atoms with Gasteiger partial charge in [-0.05, 0) is 51.4 Å². The molecule has 7 heteroatoms. The minimum absolute atomic E-state index is 0.0511. The number of benzene rings is 1. The monoisotopic (exact) mass is 395 g/mol. The average Bonchev–Trinajstić information content (AvgIpc) is 3.04. The largest absolute Gasteiger partial charge is 0.361 e. The second-order valence-electron chi connectivity index (χ2n) is 8.36. The van der Waals surface area contributed by atoms with Gasteiger partial charge in [-0.1, -0.05) is 30.3 Å². The van der Waals surface area contributed by atoms with Crippen LogP contribution in [-0.4, -0.2) is 47.5 Å². The van der Waals surface area contributed by atoms with Gasteiger partial charge in [0.25, 0.3) is 0 Å². The third-order valence-electron chi connectivity index (χ3n) is 6.63. The van der Waals surface area contributed by atoms with E-state index in [4.69, 9.17) is 5.26 Å². The van der Waals surface area contributed by atoms with Gasteiger partial charge in [0.1, 0.15) is 6.07 Å². The Kier molecular flexibility index (Phi) is 5.03. The highest BCUT2D eigenvalue weighted by molar-refractivity contribution is 5.46. The SMILES string of the molecule is CN(C)[C@]1(c2ccccc2)CC[C@]2(CC1)CN(c1ncc(C#N)cc1F)C(O)N2. The molecule has 29 heavy (non-hydrogen) atoms. The molecule has 1 unspecified atom stereocenters. The Bertz CT molecular complexity index is 919. The molecule has 2 fully saturated rings. The Morgan fingerprint density at radius 2 is 1.93 bits per heavy atom. The maximum Gasteiger partial charge on any atom is 0.185 e. The van der Waals surface area contributed by atoms with E-state index in [1.807, 2.05) is 12.1 Å². The maximum absolute atomic E-state index is 14.5. The van der Waals surface area contributed by atoms with Crippen molar-refractivity contribution in [1.82, 2.24) is 15.2 Å². The molecule has 6 nitrogen and oxygen atoms in total. The van der Waals surface area contributed by atoms with E-state index >= 15 is 0 Å². The lowest BCUT2D eigenvalue weighted by Gasteiger charge is -2.49. The Balaban J connectivity index is 1.55. The zero-order valence-corrected chi connectivity index (χ0v) is 16.8. The number of rotatable bonds is 3. The van der Waals surface area contributed by atoms with Crippen molar-refractivity contribution in [3.05, 3.63) is 59.5 Å². The quantitative estimate of drug-likeness (QED) is 0.832. The van der Waals surface area contributed by atoms with Crippen LogP contribution in [0.25, 0.3) is 0 Å². The fourth-order valence-corrected chi connectivity index (χ4v) is 4.89. The summed E-state index contributed by atoms with van der Waals surface area (Å²) in [4.78, 5) is 7.93. The average molecular weight is 395 g/mol. The number of nitrogens with zero attached hydrogens (tertiary/aromatic N) is 4. The zero-order valence-electron chi connectivity index (χ0n) is 16.8. The van der Waals surface area contributed by atoms with Gasteiger partial charge in [-0.25, -0.2) is 9.37 Å². The zero-order chi connectivity index (χ0) is 20.6. The summed E-state index contributed by atoms with van der Waals surface area (Å²) in [6, 6.07) is 13.6. The molecule has 1 saturated heterocycles. The smallest absolute Gasteiger partial charge is 0.185 e. The number of aromatic nitrogens is 1. The number of nitriles is 1. The number of hydrogen-bond donors (Lipinski definition) is 2. The highest BCUT2D eigenvalue weighted by Gasteiger charge is 2.50. The molecule has 0 radical (unpaired) electrons. The standard InChI is InChI=1S/C22H26FN5O/c1-27(2)22(17-6-4-3-5-7-17)10-8-21(9-11-22)15-28(20(29)26-21)19-18(23)12-16(13-24)14-25-19/h3-7,12,14,20,26,29H,8-11,15H2,1-2H3/t20?,21-,22+. The van der Waals surface area contributed by atoms with E-state index < -0.39 is 12.2 Å². The summed E-state index contributed by atoms with van der Waals surface area (Å²) in [6.07, 6.45) is 3.90. The summed E-state index contributed by atoms with van der Waals surface area (Å²) >= 11 is 0. The van der Waals surface area contributed by atoms with E-state index in [-0.39, 0.29) is 22.5 Å². The first-order chi connectivity index (χ1) is 13.9. The first-order valence-electron chi connectivity index (χ1n) is 9.90. The van der Waals surface area contributed by atoms with E-state index in [0.29, 0.717) is 6.54 Å². The Morgan fingerprint density at radius 1 is 1.24 bits per heavy atom. The molecule has 0 bridgehead atoms. The van der Waals surface area contributed by atoms with E-state index in [1.165, 1.54) is 11.8 Å². The lowest BCUT2D eigenvalue weighted by molar-refractivity contribution is 0.0513. The van der Waals surface area contributed by atoms with Crippen LogP contribution in [0.4, 0.5) is 10.2 Å². The van der Waals surface area contributed by atoms with Crippen LogP contribution in [0.3, 0.4) is 0 Å². The summed E-state index contributed by atoms with van der Waals surface area (Å²) in [5.74, 6) is -0.516. The van der Waals surface area contributed by atoms with Gasteiger partial charge in [-0.15, -0.1) is 0 Å². The number of aliphatic hydroxyl groups excluding tert-OH is 1. The lowest BCUT2D eigenvalue weighted by atomic mass is 9.69. The molecule has 1 aromatic heterocycles. The predicted octanol–water partition coefficient (Wildman–Crippen LogP) is 2.55. The molecule has 2 N–H and O–H groups in total. The van der Waals surface area contributed by atoms with Gasteiger partial charge in [0.2, 0.25) is 0 Å². The van der Waals surface area contributed by atoms with E-state index in [1.54, 1.807) is 4.90 Å². The summed E-state index contributed by atoms with van der Waals surface area (Å²) in [5, 5.41) is 22.8. The van der Waals surface area contributed by atoms with Crippen molar-refractivity contribution >= 4 is 5.82 Å². The highest BCUT2D eigenvalue weighted by atomic mass is 19.1. The molecule has 4 rings (SSSR count). The Labute approximate surface area is 170 Å². The normalized spacial score (nSPS) is 29.4. The van der Waals surface area contributed by atoms with Crippen LogP contribution in [0.15, 0.2) is 42.6 Å². The minimum Gasteiger partial charge on any atom is -0.361 e. The maximum atomic E-state index is 14.5. The van der Waals surface area contributed by atoms with Crippen molar-refractivity contribution in [3.8, 4) is 6.07 Å². The Hall–Kier alpha value is -2.53. The fraction of sp³-hybridized carbons (Fsp3) is 0.455. The van der Waals surface area contributed by atoms with Gasteiger partial charge in [0.15, 0.2) is 18.0 Å². The van der Waals surface area contributed by atoms with Crippen molar-refractivity contribution in [2.75, 3.05) is 25.5 Å². The molecule has 1 spiro atoms. The molecule has 1 atom stereocenters. The van der Waals surface area contributed by atoms with Crippen LogP contribution in [0.2, 0.25) is 0 Å². The van der Waals surface area contributed by atoms with Crippen molar-refractivity contribution in [2.24, 2.45) is 0 Å². The van der Waals surface area contributed by atoms with Crippen LogP contribution >= 0.6 is 0 Å². The number of aliphatic hydroxyl groups is 1. The van der Waals surface area contributed by atoms with Gasteiger partial charge in [0, 0.05) is 23.8 Å². The fourth-order valence-electron chi connectivity index (χ4n) is 4.89. The molecule has 152 valence electrons. The van der Waals surface area contributed by atoms with Crippen molar-refractivity contribution in [3.63, 3.8) is 0 Å². The van der Waals surface area contributed by atoms with E-state index in [0.717, 1.165) is 31.7 Å². The minimum atomic E-state index is -1.01. The second-order valence-corrected chi connectivity index (χ2v) is 8.36. The molecule has 2 aromatic rings. The lowest BCUT2D eigenvalue weighted by Crippen LogP contribution is -2.54. The van der Waals surface area contributed by atoms with Crippen molar-refractivity contribution < 1.29 is 9.50 Å². The third kappa shape index (κ3) is 3.38. The summed E-state index contributed by atoms with van der Waals surface area (Å²) in [7, 11) is 4.23. The Morgan fingerprint density at radius 3 is 2.52 bits per heavy atom. The van der Waals surface area contributed by atoms with E-state index in [2.05, 4.69) is 53.6 Å². The number of anilines is 1. The van der Waals surface area contributed by atoms with Crippen LogP contribution in [0.1, 0.15) is 36.8 Å². The molecular weight excluding hydrogens is 369 g/mol. The second kappa shape index (κ2) is 7.38. The van der Waals surface area contributed by atoms with E-state index in [9.17, 15) is 9.50 Å². The van der Waals surface area contributed by atoms with Gasteiger partial charge in [-0.3, -0.25) is 10.2 Å².